The van der Waals surface area contributed by atoms with Gasteiger partial charge in [-0.1, -0.05) is 0 Å². The molecular formula is C7H10NO. The van der Waals surface area contributed by atoms with Crippen LogP contribution in [0, 0.1) is 0 Å². The van der Waals surface area contributed by atoms with E-state index in [1.807, 2.05) is 29.1 Å². The van der Waals surface area contributed by atoms with Gasteiger partial charge >= 0.3 is 0 Å². The molecular weight excluding hydrogens is 114 g/mol. The molecule has 0 saturated heterocycles. The summed E-state index contributed by atoms with van der Waals surface area (Å²) >= 11 is 0. The molecule has 49 valence electrons. The van der Waals surface area contributed by atoms with Crippen molar-refractivity contribution in [3.8, 4) is 0 Å². The fourth-order valence-corrected chi connectivity index (χ4v) is 0.766. The van der Waals surface area contributed by atoms with Crippen LogP contribution in [0.3, 0.4) is 0 Å². The fraction of sp³-hybridized carbons (Fsp3) is 0.429. The van der Waals surface area contributed by atoms with E-state index in [2.05, 4.69) is 0 Å². The Hall–Kier alpha value is -0.760. The zero-order valence-corrected chi connectivity index (χ0v) is 5.29. The molecule has 0 aliphatic carbocycles. The summed E-state index contributed by atoms with van der Waals surface area (Å²) in [5, 5.41) is 10.0. The van der Waals surface area contributed by atoms with Gasteiger partial charge in [-0.2, -0.15) is 0 Å². The van der Waals surface area contributed by atoms with Crippen molar-refractivity contribution in [3.05, 3.63) is 24.5 Å². The first-order chi connectivity index (χ1) is 4.43. The third-order valence-electron chi connectivity index (χ3n) is 1.23. The molecule has 1 rings (SSSR count). The lowest BCUT2D eigenvalue weighted by molar-refractivity contribution is 0.184. The van der Waals surface area contributed by atoms with Gasteiger partial charge in [-0.05, 0) is 18.6 Å². The average molecular weight is 124 g/mol. The summed E-state index contributed by atoms with van der Waals surface area (Å²) in [6.45, 7) is 0.884. The first-order valence-corrected chi connectivity index (χ1v) is 3.12. The average Bonchev–Trinajstić information content (AvgIpc) is 2.34. The molecule has 0 N–H and O–H groups in total. The summed E-state index contributed by atoms with van der Waals surface area (Å²) in [6.07, 6.45) is 4.67. The number of aromatic nitrogens is 1. The lowest BCUT2D eigenvalue weighted by Crippen LogP contribution is -1.95. The minimum absolute atomic E-state index is 0.0260. The Bertz CT molecular complexity index is 146. The van der Waals surface area contributed by atoms with Crippen LogP contribution in [-0.4, -0.2) is 11.2 Å². The molecule has 0 aliphatic heterocycles. The van der Waals surface area contributed by atoms with E-state index >= 15 is 0 Å². The normalized spacial score (nSPS) is 9.89. The summed E-state index contributed by atoms with van der Waals surface area (Å²) in [4.78, 5) is 0. The third kappa shape index (κ3) is 1.90. The van der Waals surface area contributed by atoms with E-state index < -0.39 is 0 Å². The number of hydrogen-bond donors (Lipinski definition) is 0. The Morgan fingerprint density at radius 3 is 2.44 bits per heavy atom. The largest absolute Gasteiger partial charge is 0.354 e. The lowest BCUT2D eigenvalue weighted by atomic mass is 10.4. The summed E-state index contributed by atoms with van der Waals surface area (Å²) in [6, 6.07) is 3.93. The number of aryl methyl sites for hydroxylation is 1. The third-order valence-corrected chi connectivity index (χ3v) is 1.23. The first kappa shape index (κ1) is 6.36. The van der Waals surface area contributed by atoms with Crippen LogP contribution in [0.5, 0.6) is 0 Å². The molecule has 0 atom stereocenters. The fourth-order valence-electron chi connectivity index (χ4n) is 0.766. The predicted octanol–water partition coefficient (Wildman–Crippen LogP) is 1.31. The van der Waals surface area contributed by atoms with Crippen LogP contribution in [0.2, 0.25) is 0 Å². The molecule has 1 heterocycles. The van der Waals surface area contributed by atoms with E-state index in [4.69, 9.17) is 0 Å². The zero-order chi connectivity index (χ0) is 6.53. The smallest absolute Gasteiger partial charge is 0.0839 e. The predicted molar refractivity (Wildman–Crippen MR) is 34.6 cm³/mol. The topological polar surface area (TPSA) is 24.8 Å². The van der Waals surface area contributed by atoms with Gasteiger partial charge in [-0.15, -0.1) is 0 Å². The van der Waals surface area contributed by atoms with Gasteiger partial charge in [0.05, 0.1) is 6.61 Å². The highest BCUT2D eigenvalue weighted by Crippen LogP contribution is 1.91. The minimum Gasteiger partial charge on any atom is -0.354 e. The molecule has 1 aromatic heterocycles. The second-order valence-corrected chi connectivity index (χ2v) is 1.98. The molecule has 9 heavy (non-hydrogen) atoms. The Balaban J connectivity index is 2.30. The van der Waals surface area contributed by atoms with E-state index in [0.29, 0.717) is 0 Å². The maximum absolute atomic E-state index is 10.0. The summed E-state index contributed by atoms with van der Waals surface area (Å²) in [5.41, 5.74) is 0. The lowest BCUT2D eigenvalue weighted by Gasteiger charge is -1.96. The molecule has 0 amide bonds. The van der Waals surface area contributed by atoms with Crippen molar-refractivity contribution in [2.45, 2.75) is 13.0 Å². The van der Waals surface area contributed by atoms with Crippen LogP contribution in [0.25, 0.3) is 0 Å². The highest BCUT2D eigenvalue weighted by molar-refractivity contribution is 4.89. The van der Waals surface area contributed by atoms with Crippen LogP contribution in [0.15, 0.2) is 24.5 Å². The van der Waals surface area contributed by atoms with Crippen LogP contribution < -0.4 is 0 Å². The molecule has 0 aromatic carbocycles. The summed E-state index contributed by atoms with van der Waals surface area (Å²) in [5.74, 6) is 0. The van der Waals surface area contributed by atoms with Crippen LogP contribution in [0.1, 0.15) is 6.42 Å². The van der Waals surface area contributed by atoms with Gasteiger partial charge in [0.25, 0.3) is 0 Å². The molecule has 0 fully saturated rings. The Labute approximate surface area is 54.7 Å². The zero-order valence-electron chi connectivity index (χ0n) is 5.29. The van der Waals surface area contributed by atoms with Crippen molar-refractivity contribution < 1.29 is 5.11 Å². The van der Waals surface area contributed by atoms with Gasteiger partial charge in [-0.3, -0.25) is 0 Å². The number of nitrogens with zero attached hydrogens (tertiary/aromatic N) is 1. The van der Waals surface area contributed by atoms with Crippen molar-refractivity contribution in [2.24, 2.45) is 0 Å². The van der Waals surface area contributed by atoms with Crippen molar-refractivity contribution in [3.63, 3.8) is 0 Å². The van der Waals surface area contributed by atoms with Crippen LogP contribution in [0.4, 0.5) is 0 Å². The van der Waals surface area contributed by atoms with E-state index in [9.17, 15) is 5.11 Å². The van der Waals surface area contributed by atoms with Gasteiger partial charge in [0, 0.05) is 18.9 Å². The molecule has 1 radical (unpaired) electrons. The Morgan fingerprint density at radius 2 is 1.89 bits per heavy atom. The highest BCUT2D eigenvalue weighted by Gasteiger charge is 1.85. The van der Waals surface area contributed by atoms with Crippen molar-refractivity contribution in [2.75, 3.05) is 6.61 Å². The standard InChI is InChI=1S/C7H10NO/c9-7-3-6-8-4-1-2-5-8/h1-2,4-5H,3,6-7H2. The van der Waals surface area contributed by atoms with Gasteiger partial charge in [0.1, 0.15) is 0 Å². The monoisotopic (exact) mass is 124 g/mol. The maximum Gasteiger partial charge on any atom is 0.0839 e. The molecule has 0 bridgehead atoms. The molecule has 0 aliphatic rings. The molecule has 0 saturated carbocycles. The van der Waals surface area contributed by atoms with Crippen molar-refractivity contribution in [1.82, 2.24) is 4.57 Å². The molecule has 2 nitrogen and oxygen atoms in total. The second-order valence-electron chi connectivity index (χ2n) is 1.98. The van der Waals surface area contributed by atoms with Crippen LogP contribution >= 0.6 is 0 Å². The number of rotatable bonds is 3. The van der Waals surface area contributed by atoms with E-state index in [1.54, 1.807) is 0 Å². The van der Waals surface area contributed by atoms with Crippen molar-refractivity contribution in [1.29, 1.82) is 0 Å². The van der Waals surface area contributed by atoms with Crippen LogP contribution in [-0.2, 0) is 11.7 Å². The van der Waals surface area contributed by atoms with Gasteiger partial charge in [-0.25, -0.2) is 5.11 Å². The quantitative estimate of drug-likeness (QED) is 0.580. The minimum atomic E-state index is 0.0260. The van der Waals surface area contributed by atoms with Gasteiger partial charge in [0.2, 0.25) is 0 Å². The summed E-state index contributed by atoms with van der Waals surface area (Å²) in [7, 11) is 0. The first-order valence-electron chi connectivity index (χ1n) is 3.12. The summed E-state index contributed by atoms with van der Waals surface area (Å²) < 4.78 is 2.01. The van der Waals surface area contributed by atoms with Crippen molar-refractivity contribution >= 4 is 0 Å². The Kier molecular flexibility index (Phi) is 2.33. The van der Waals surface area contributed by atoms with E-state index in [0.717, 1.165) is 13.0 Å². The van der Waals surface area contributed by atoms with E-state index in [-0.39, 0.29) is 6.61 Å². The maximum atomic E-state index is 10.0. The second kappa shape index (κ2) is 3.30. The highest BCUT2D eigenvalue weighted by atomic mass is 16.3. The number of hydrogen-bond acceptors (Lipinski definition) is 0. The SMILES string of the molecule is [O]CCCn1cccc1. The van der Waals surface area contributed by atoms with Gasteiger partial charge in [0.15, 0.2) is 0 Å². The molecule has 0 spiro atoms. The van der Waals surface area contributed by atoms with E-state index in [1.165, 1.54) is 0 Å². The molecule has 2 heteroatoms. The molecule has 1 aromatic rings. The molecule has 0 unspecified atom stereocenters. The van der Waals surface area contributed by atoms with Gasteiger partial charge < -0.3 is 4.57 Å². The Morgan fingerprint density at radius 1 is 1.22 bits per heavy atom.